The molecule has 1 fully saturated rings. The second kappa shape index (κ2) is 6.31. The quantitative estimate of drug-likeness (QED) is 0.796. The fraction of sp³-hybridized carbons (Fsp3) is 0.375. The Bertz CT molecular complexity index is 611. The summed E-state index contributed by atoms with van der Waals surface area (Å²) in [5.41, 5.74) is 2.28. The van der Waals surface area contributed by atoms with Gasteiger partial charge < -0.3 is 4.90 Å². The van der Waals surface area contributed by atoms with E-state index >= 15 is 0 Å². The number of alkyl halides is 1. The molecule has 0 N–H and O–H groups in total. The summed E-state index contributed by atoms with van der Waals surface area (Å²) in [6, 6.07) is 10.2. The van der Waals surface area contributed by atoms with E-state index < -0.39 is 0 Å². The number of nitrogens with zero attached hydrogens (tertiary/aromatic N) is 3. The van der Waals surface area contributed by atoms with Crippen molar-refractivity contribution in [3.8, 4) is 0 Å². The number of aromatic nitrogens is 2. The molecular formula is C16H18ClN3O. The van der Waals surface area contributed by atoms with Gasteiger partial charge in [-0.05, 0) is 11.5 Å². The third kappa shape index (κ3) is 3.45. The summed E-state index contributed by atoms with van der Waals surface area (Å²) < 4.78 is 1.91. The van der Waals surface area contributed by atoms with Gasteiger partial charge in [0.05, 0.1) is 12.7 Å². The molecule has 110 valence electrons. The lowest BCUT2D eigenvalue weighted by Gasteiger charge is -2.14. The molecule has 3 rings (SSSR count). The highest BCUT2D eigenvalue weighted by molar-refractivity contribution is 6.18. The summed E-state index contributed by atoms with van der Waals surface area (Å²) in [6.07, 6.45) is 4.42. The van der Waals surface area contributed by atoms with Crippen LogP contribution in [0.4, 0.5) is 0 Å². The average Bonchev–Trinajstić information content (AvgIpc) is 3.08. The minimum atomic E-state index is 0.191. The maximum atomic E-state index is 11.9. The number of rotatable bonds is 5. The van der Waals surface area contributed by atoms with Gasteiger partial charge in [0, 0.05) is 37.2 Å². The van der Waals surface area contributed by atoms with E-state index in [2.05, 4.69) is 17.2 Å². The summed E-state index contributed by atoms with van der Waals surface area (Å²) in [4.78, 5) is 13.8. The van der Waals surface area contributed by atoms with Crippen LogP contribution in [0.15, 0.2) is 42.7 Å². The van der Waals surface area contributed by atoms with E-state index in [4.69, 9.17) is 11.6 Å². The molecule has 1 unspecified atom stereocenters. The Morgan fingerprint density at radius 3 is 2.71 bits per heavy atom. The van der Waals surface area contributed by atoms with Crippen molar-refractivity contribution < 1.29 is 4.79 Å². The molecule has 1 aromatic heterocycles. The van der Waals surface area contributed by atoms with Crippen LogP contribution in [-0.2, 0) is 17.9 Å². The Balaban J connectivity index is 1.62. The predicted molar refractivity (Wildman–Crippen MR) is 82.0 cm³/mol. The first-order valence-electron chi connectivity index (χ1n) is 7.13. The van der Waals surface area contributed by atoms with Crippen molar-refractivity contribution in [2.45, 2.75) is 19.5 Å². The highest BCUT2D eigenvalue weighted by Crippen LogP contribution is 2.21. The van der Waals surface area contributed by atoms with Crippen molar-refractivity contribution in [1.29, 1.82) is 0 Å². The maximum Gasteiger partial charge on any atom is 0.223 e. The maximum absolute atomic E-state index is 11.9. The largest absolute Gasteiger partial charge is 0.338 e. The zero-order valence-electron chi connectivity index (χ0n) is 11.8. The van der Waals surface area contributed by atoms with Gasteiger partial charge in [-0.2, -0.15) is 5.10 Å². The molecule has 2 heterocycles. The zero-order valence-corrected chi connectivity index (χ0v) is 12.5. The molecule has 0 aliphatic carbocycles. The molecule has 1 aromatic carbocycles. The third-order valence-corrected chi connectivity index (χ3v) is 4.20. The van der Waals surface area contributed by atoms with Crippen LogP contribution in [0.3, 0.4) is 0 Å². The van der Waals surface area contributed by atoms with Gasteiger partial charge in [0.15, 0.2) is 0 Å². The first-order valence-corrected chi connectivity index (χ1v) is 7.67. The lowest BCUT2D eigenvalue weighted by Crippen LogP contribution is -2.24. The van der Waals surface area contributed by atoms with Crippen molar-refractivity contribution >= 4 is 17.5 Å². The molecule has 1 aliphatic heterocycles. The molecule has 4 nitrogen and oxygen atoms in total. The third-order valence-electron chi connectivity index (χ3n) is 3.76. The molecule has 0 spiro atoms. The Hall–Kier alpha value is -1.81. The summed E-state index contributed by atoms with van der Waals surface area (Å²) >= 11 is 5.84. The number of carbonyl (C=O) groups excluding carboxylic acids is 1. The Morgan fingerprint density at radius 1 is 1.19 bits per heavy atom. The van der Waals surface area contributed by atoms with Crippen LogP contribution in [0.25, 0.3) is 0 Å². The predicted octanol–water partition coefficient (Wildman–Crippen LogP) is 2.52. The van der Waals surface area contributed by atoms with Crippen LogP contribution in [0.5, 0.6) is 0 Å². The lowest BCUT2D eigenvalue weighted by molar-refractivity contribution is -0.128. The summed E-state index contributed by atoms with van der Waals surface area (Å²) in [5, 5.41) is 4.37. The summed E-state index contributed by atoms with van der Waals surface area (Å²) in [7, 11) is 0. The molecule has 1 amide bonds. The molecule has 0 bridgehead atoms. The number of hydrogen-bond donors (Lipinski definition) is 0. The standard InChI is InChI=1S/C16H18ClN3O/c17-7-14-6-16(21)19(9-14)10-15-8-18-20(12-15)11-13-4-2-1-3-5-13/h1-5,8,12,14H,6-7,9-11H2. The SMILES string of the molecule is O=C1CC(CCl)CN1Cc1cnn(Cc2ccccc2)c1. The van der Waals surface area contributed by atoms with Crippen molar-refractivity contribution in [1.82, 2.24) is 14.7 Å². The minimum absolute atomic E-state index is 0.191. The van der Waals surface area contributed by atoms with Crippen molar-refractivity contribution in [2.24, 2.45) is 5.92 Å². The topological polar surface area (TPSA) is 38.1 Å². The Labute approximate surface area is 129 Å². The average molecular weight is 304 g/mol. The van der Waals surface area contributed by atoms with Crippen LogP contribution in [-0.4, -0.2) is 33.0 Å². The van der Waals surface area contributed by atoms with E-state index in [1.165, 1.54) is 5.56 Å². The molecule has 1 atom stereocenters. The second-order valence-electron chi connectivity index (χ2n) is 5.53. The molecule has 1 aliphatic rings. The molecule has 0 saturated carbocycles. The molecule has 5 heteroatoms. The molecule has 0 radical (unpaired) electrons. The van der Waals surface area contributed by atoms with E-state index in [0.29, 0.717) is 24.8 Å². The highest BCUT2D eigenvalue weighted by atomic mass is 35.5. The first kappa shape index (κ1) is 14.1. The molecule has 21 heavy (non-hydrogen) atoms. The summed E-state index contributed by atoms with van der Waals surface area (Å²) in [6.45, 7) is 2.13. The fourth-order valence-electron chi connectivity index (χ4n) is 2.68. The van der Waals surface area contributed by atoms with Gasteiger partial charge in [-0.1, -0.05) is 30.3 Å². The Kier molecular flexibility index (Phi) is 4.25. The molecule has 1 saturated heterocycles. The van der Waals surface area contributed by atoms with Crippen molar-refractivity contribution in [3.63, 3.8) is 0 Å². The normalized spacial score (nSPS) is 18.4. The van der Waals surface area contributed by atoms with E-state index in [1.54, 1.807) is 0 Å². The van der Waals surface area contributed by atoms with Crippen molar-refractivity contribution in [3.05, 3.63) is 53.9 Å². The van der Waals surface area contributed by atoms with Gasteiger partial charge in [-0.3, -0.25) is 9.48 Å². The number of benzene rings is 1. The van der Waals surface area contributed by atoms with Gasteiger partial charge in [0.2, 0.25) is 5.91 Å². The van der Waals surface area contributed by atoms with Crippen LogP contribution in [0.1, 0.15) is 17.5 Å². The van der Waals surface area contributed by atoms with Crippen LogP contribution < -0.4 is 0 Å². The lowest BCUT2D eigenvalue weighted by atomic mass is 10.1. The second-order valence-corrected chi connectivity index (χ2v) is 5.84. The van der Waals surface area contributed by atoms with Crippen LogP contribution >= 0.6 is 11.6 Å². The van der Waals surface area contributed by atoms with Gasteiger partial charge in [-0.15, -0.1) is 11.6 Å². The smallest absolute Gasteiger partial charge is 0.223 e. The van der Waals surface area contributed by atoms with E-state index in [0.717, 1.165) is 18.7 Å². The van der Waals surface area contributed by atoms with Gasteiger partial charge >= 0.3 is 0 Å². The number of hydrogen-bond acceptors (Lipinski definition) is 2. The zero-order chi connectivity index (χ0) is 14.7. The molecular weight excluding hydrogens is 286 g/mol. The number of halogens is 1. The van der Waals surface area contributed by atoms with Gasteiger partial charge in [-0.25, -0.2) is 0 Å². The Morgan fingerprint density at radius 2 is 2.00 bits per heavy atom. The van der Waals surface area contributed by atoms with Crippen LogP contribution in [0, 0.1) is 5.92 Å². The van der Waals surface area contributed by atoms with Gasteiger partial charge in [0.1, 0.15) is 0 Å². The highest BCUT2D eigenvalue weighted by Gasteiger charge is 2.28. The van der Waals surface area contributed by atoms with Gasteiger partial charge in [0.25, 0.3) is 0 Å². The minimum Gasteiger partial charge on any atom is -0.338 e. The first-order chi connectivity index (χ1) is 10.2. The number of amides is 1. The molecule has 2 aromatic rings. The monoisotopic (exact) mass is 303 g/mol. The van der Waals surface area contributed by atoms with Crippen molar-refractivity contribution in [2.75, 3.05) is 12.4 Å². The fourth-order valence-corrected chi connectivity index (χ4v) is 2.88. The number of likely N-dealkylation sites (tertiary alicyclic amines) is 1. The van der Waals surface area contributed by atoms with Crippen LogP contribution in [0.2, 0.25) is 0 Å². The summed E-state index contributed by atoms with van der Waals surface area (Å²) in [5.74, 6) is 1.03. The van der Waals surface area contributed by atoms with E-state index in [9.17, 15) is 4.79 Å². The van der Waals surface area contributed by atoms with E-state index in [1.807, 2.05) is 40.2 Å². The van der Waals surface area contributed by atoms with E-state index in [-0.39, 0.29) is 5.91 Å². The number of carbonyl (C=O) groups is 1.